The zero-order valence-electron chi connectivity index (χ0n) is 5.69. The molecule has 7 heteroatoms. The van der Waals surface area contributed by atoms with Gasteiger partial charge in [-0.3, -0.25) is 10.0 Å². The second kappa shape index (κ2) is 4.47. The molecular weight excluding hydrogens is 154 g/mol. The second-order valence-corrected chi connectivity index (χ2v) is 1.59. The van der Waals surface area contributed by atoms with E-state index in [1.165, 1.54) is 0 Å². The van der Waals surface area contributed by atoms with Crippen molar-refractivity contribution in [2.24, 2.45) is 11.5 Å². The standard InChI is InChI=1S/C4H9N3O4/c5-1-3(8)11-2-7(10)4(6)9/h10H,1-2,5H2,(H2,6,9). The summed E-state index contributed by atoms with van der Waals surface area (Å²) in [7, 11) is 0. The minimum absolute atomic E-state index is 0.0492. The number of amides is 2. The van der Waals surface area contributed by atoms with Gasteiger partial charge >= 0.3 is 12.0 Å². The van der Waals surface area contributed by atoms with E-state index < -0.39 is 18.7 Å². The van der Waals surface area contributed by atoms with Crippen LogP contribution in [0.2, 0.25) is 0 Å². The van der Waals surface area contributed by atoms with E-state index in [0.717, 1.165) is 0 Å². The Labute approximate surface area is 62.5 Å². The summed E-state index contributed by atoms with van der Waals surface area (Å²) in [4.78, 5) is 20.4. The Morgan fingerprint density at radius 2 is 2.09 bits per heavy atom. The van der Waals surface area contributed by atoms with Crippen LogP contribution in [0.1, 0.15) is 0 Å². The molecule has 64 valence electrons. The highest BCUT2D eigenvalue weighted by Gasteiger charge is 2.07. The molecule has 0 spiro atoms. The van der Waals surface area contributed by atoms with E-state index in [-0.39, 0.29) is 11.6 Å². The third-order valence-electron chi connectivity index (χ3n) is 0.769. The van der Waals surface area contributed by atoms with E-state index >= 15 is 0 Å². The Kier molecular flexibility index (Phi) is 3.93. The lowest BCUT2D eigenvalue weighted by Crippen LogP contribution is -2.36. The van der Waals surface area contributed by atoms with Crippen molar-refractivity contribution in [2.75, 3.05) is 13.3 Å². The fourth-order valence-corrected chi connectivity index (χ4v) is 0.256. The van der Waals surface area contributed by atoms with Crippen LogP contribution >= 0.6 is 0 Å². The number of rotatable bonds is 3. The van der Waals surface area contributed by atoms with Crippen molar-refractivity contribution in [2.45, 2.75) is 0 Å². The third-order valence-corrected chi connectivity index (χ3v) is 0.769. The van der Waals surface area contributed by atoms with Gasteiger partial charge in [-0.25, -0.2) is 4.79 Å². The lowest BCUT2D eigenvalue weighted by atomic mass is 10.7. The third kappa shape index (κ3) is 4.12. The molecule has 0 fully saturated rings. The average Bonchev–Trinajstić information content (AvgIpc) is 1.99. The maximum atomic E-state index is 10.3. The van der Waals surface area contributed by atoms with Crippen LogP contribution in [0.4, 0.5) is 4.79 Å². The molecular formula is C4H9N3O4. The molecule has 0 unspecified atom stereocenters. The first-order chi connectivity index (χ1) is 5.07. The highest BCUT2D eigenvalue weighted by atomic mass is 16.6. The lowest BCUT2D eigenvalue weighted by molar-refractivity contribution is -0.161. The maximum Gasteiger partial charge on any atom is 0.341 e. The van der Waals surface area contributed by atoms with Crippen LogP contribution in [0.15, 0.2) is 0 Å². The summed E-state index contributed by atoms with van der Waals surface area (Å²) < 4.78 is 4.23. The molecule has 0 bridgehead atoms. The van der Waals surface area contributed by atoms with Gasteiger partial charge in [0.05, 0.1) is 6.54 Å². The monoisotopic (exact) mass is 163 g/mol. The second-order valence-electron chi connectivity index (χ2n) is 1.59. The number of hydroxylamine groups is 2. The predicted molar refractivity (Wildman–Crippen MR) is 33.2 cm³/mol. The summed E-state index contributed by atoms with van der Waals surface area (Å²) in [5.41, 5.74) is 9.42. The summed E-state index contributed by atoms with van der Waals surface area (Å²) in [6, 6.07) is -1.10. The molecule has 0 aliphatic rings. The Morgan fingerprint density at radius 1 is 1.55 bits per heavy atom. The largest absolute Gasteiger partial charge is 0.441 e. The summed E-state index contributed by atoms with van der Waals surface area (Å²) in [6.45, 7) is -0.919. The number of hydrogen-bond donors (Lipinski definition) is 3. The van der Waals surface area contributed by atoms with E-state index in [1.807, 2.05) is 0 Å². The van der Waals surface area contributed by atoms with Gasteiger partial charge in [-0.2, -0.15) is 5.06 Å². The van der Waals surface area contributed by atoms with Gasteiger partial charge in [0.15, 0.2) is 6.73 Å². The molecule has 0 aromatic rings. The molecule has 0 rings (SSSR count). The van der Waals surface area contributed by atoms with Crippen molar-refractivity contribution < 1.29 is 19.5 Å². The maximum absolute atomic E-state index is 10.3. The molecule has 0 aromatic heterocycles. The number of hydrogen-bond acceptors (Lipinski definition) is 5. The smallest absolute Gasteiger partial charge is 0.341 e. The first-order valence-corrected chi connectivity index (χ1v) is 2.69. The quantitative estimate of drug-likeness (QED) is 0.196. The van der Waals surface area contributed by atoms with Crippen LogP contribution in [-0.2, 0) is 9.53 Å². The molecule has 0 aromatic carbocycles. The van der Waals surface area contributed by atoms with Gasteiger partial charge in [0, 0.05) is 0 Å². The minimum Gasteiger partial charge on any atom is -0.441 e. The lowest BCUT2D eigenvalue weighted by Gasteiger charge is -2.10. The molecule has 0 radical (unpaired) electrons. The van der Waals surface area contributed by atoms with Gasteiger partial charge in [-0.05, 0) is 0 Å². The van der Waals surface area contributed by atoms with Gasteiger partial charge in [-0.15, -0.1) is 0 Å². The Hall–Kier alpha value is -1.34. The van der Waals surface area contributed by atoms with Gasteiger partial charge < -0.3 is 16.2 Å². The predicted octanol–water partition coefficient (Wildman–Crippen LogP) is -1.78. The first kappa shape index (κ1) is 9.66. The normalized spacial score (nSPS) is 8.91. The van der Waals surface area contributed by atoms with Crippen LogP contribution in [0.25, 0.3) is 0 Å². The van der Waals surface area contributed by atoms with Crippen LogP contribution in [-0.4, -0.2) is 35.5 Å². The molecule has 7 nitrogen and oxygen atoms in total. The molecule has 0 heterocycles. The van der Waals surface area contributed by atoms with E-state index in [0.29, 0.717) is 0 Å². The van der Waals surface area contributed by atoms with Crippen molar-refractivity contribution >= 4 is 12.0 Å². The number of carbonyl (C=O) groups excluding carboxylic acids is 2. The number of ether oxygens (including phenoxy) is 1. The van der Waals surface area contributed by atoms with Crippen molar-refractivity contribution in [1.82, 2.24) is 5.06 Å². The Morgan fingerprint density at radius 3 is 2.45 bits per heavy atom. The van der Waals surface area contributed by atoms with E-state index in [9.17, 15) is 9.59 Å². The van der Waals surface area contributed by atoms with Gasteiger partial charge in [0.1, 0.15) is 0 Å². The minimum atomic E-state index is -1.10. The molecule has 0 saturated heterocycles. The van der Waals surface area contributed by atoms with E-state index in [2.05, 4.69) is 10.5 Å². The zero-order valence-corrected chi connectivity index (χ0v) is 5.69. The van der Waals surface area contributed by atoms with Crippen molar-refractivity contribution in [3.8, 4) is 0 Å². The van der Waals surface area contributed by atoms with E-state index in [1.54, 1.807) is 0 Å². The Balaban J connectivity index is 3.54. The fraction of sp³-hybridized carbons (Fsp3) is 0.500. The number of urea groups is 1. The number of esters is 1. The topological polar surface area (TPSA) is 119 Å². The number of carbonyl (C=O) groups is 2. The number of primary amides is 1. The highest BCUT2D eigenvalue weighted by Crippen LogP contribution is 1.82. The molecule has 2 amide bonds. The highest BCUT2D eigenvalue weighted by molar-refractivity contribution is 5.72. The zero-order chi connectivity index (χ0) is 8.85. The molecule has 11 heavy (non-hydrogen) atoms. The van der Waals surface area contributed by atoms with Crippen LogP contribution in [0, 0.1) is 0 Å². The molecule has 0 aliphatic carbocycles. The van der Waals surface area contributed by atoms with Crippen LogP contribution in [0.3, 0.4) is 0 Å². The van der Waals surface area contributed by atoms with Gasteiger partial charge in [0.25, 0.3) is 0 Å². The molecule has 0 atom stereocenters. The molecule has 0 saturated carbocycles. The van der Waals surface area contributed by atoms with Gasteiger partial charge in [0.2, 0.25) is 0 Å². The van der Waals surface area contributed by atoms with Crippen molar-refractivity contribution in [1.29, 1.82) is 0 Å². The summed E-state index contributed by atoms with van der Waals surface area (Å²) in [5, 5.41) is 8.56. The molecule has 0 aliphatic heterocycles. The fourth-order valence-electron chi connectivity index (χ4n) is 0.256. The number of nitrogens with two attached hydrogens (primary N) is 2. The van der Waals surface area contributed by atoms with Crippen LogP contribution in [0.5, 0.6) is 0 Å². The average molecular weight is 163 g/mol. The summed E-state index contributed by atoms with van der Waals surface area (Å²) >= 11 is 0. The summed E-state index contributed by atoms with van der Waals surface area (Å²) in [6.07, 6.45) is 0. The Bertz CT molecular complexity index is 159. The number of nitrogens with zero attached hydrogens (tertiary/aromatic N) is 1. The van der Waals surface area contributed by atoms with E-state index in [4.69, 9.17) is 10.9 Å². The first-order valence-electron chi connectivity index (χ1n) is 2.69. The van der Waals surface area contributed by atoms with Gasteiger partial charge in [-0.1, -0.05) is 0 Å². The molecule has 5 N–H and O–H groups in total. The van der Waals surface area contributed by atoms with Crippen molar-refractivity contribution in [3.63, 3.8) is 0 Å². The SMILES string of the molecule is NCC(=O)OCN(O)C(N)=O. The summed E-state index contributed by atoms with van der Waals surface area (Å²) in [5.74, 6) is -0.731. The van der Waals surface area contributed by atoms with Crippen LogP contribution < -0.4 is 11.5 Å². The van der Waals surface area contributed by atoms with Crippen molar-refractivity contribution in [3.05, 3.63) is 0 Å².